The van der Waals surface area contributed by atoms with Crippen LogP contribution in [0.5, 0.6) is 0 Å². The molecule has 3 nitrogen and oxygen atoms in total. The van der Waals surface area contributed by atoms with Crippen molar-refractivity contribution in [3.05, 3.63) is 0 Å². The molecular weight excluding hydrogens is 246 g/mol. The zero-order chi connectivity index (χ0) is 11.6. The van der Waals surface area contributed by atoms with Gasteiger partial charge in [-0.05, 0) is 44.7 Å². The van der Waals surface area contributed by atoms with Gasteiger partial charge in [0.15, 0.2) is 0 Å². The first-order valence-corrected chi connectivity index (χ1v) is 8.70. The van der Waals surface area contributed by atoms with E-state index in [9.17, 15) is 8.42 Å². The van der Waals surface area contributed by atoms with Crippen molar-refractivity contribution in [1.29, 1.82) is 0 Å². The maximum absolute atomic E-state index is 10.8. The molecule has 1 heterocycles. The average Bonchev–Trinajstić information content (AvgIpc) is 2.60. The van der Waals surface area contributed by atoms with E-state index < -0.39 is 9.05 Å². The topological polar surface area (TPSA) is 37.4 Å². The molecule has 0 amide bonds. The van der Waals surface area contributed by atoms with Crippen molar-refractivity contribution in [2.24, 2.45) is 5.92 Å². The fourth-order valence-electron chi connectivity index (χ4n) is 3.22. The van der Waals surface area contributed by atoms with Gasteiger partial charge >= 0.3 is 0 Å². The molecule has 2 atom stereocenters. The molecule has 2 fully saturated rings. The Balaban J connectivity index is 1.78. The summed E-state index contributed by atoms with van der Waals surface area (Å²) in [4.78, 5) is 2.48. The molecule has 1 aliphatic carbocycles. The lowest BCUT2D eigenvalue weighted by atomic mass is 9.85. The third-order valence-corrected chi connectivity index (χ3v) is 5.20. The standard InChI is InChI=1S/C11H20ClNO2S/c12-16(14,15)9-3-7-13-8-6-10-4-1-2-5-11(10)13/h10-11H,1-9H2. The van der Waals surface area contributed by atoms with Crippen LogP contribution in [0.25, 0.3) is 0 Å². The fourth-order valence-corrected chi connectivity index (χ4v) is 4.02. The van der Waals surface area contributed by atoms with Gasteiger partial charge < -0.3 is 4.90 Å². The molecule has 2 rings (SSSR count). The summed E-state index contributed by atoms with van der Waals surface area (Å²) in [6, 6.07) is 0.728. The zero-order valence-electron chi connectivity index (χ0n) is 9.57. The van der Waals surface area contributed by atoms with E-state index in [2.05, 4.69) is 4.90 Å². The minimum Gasteiger partial charge on any atom is -0.300 e. The third-order valence-electron chi connectivity index (χ3n) is 3.96. The summed E-state index contributed by atoms with van der Waals surface area (Å²) < 4.78 is 21.7. The van der Waals surface area contributed by atoms with Crippen molar-refractivity contribution in [3.63, 3.8) is 0 Å². The Labute approximate surface area is 103 Å². The Morgan fingerprint density at radius 1 is 1.19 bits per heavy atom. The number of rotatable bonds is 4. The van der Waals surface area contributed by atoms with Crippen LogP contribution >= 0.6 is 10.7 Å². The summed E-state index contributed by atoms with van der Waals surface area (Å²) in [5.41, 5.74) is 0. The van der Waals surface area contributed by atoms with E-state index in [4.69, 9.17) is 10.7 Å². The van der Waals surface area contributed by atoms with Crippen molar-refractivity contribution >= 4 is 19.7 Å². The van der Waals surface area contributed by atoms with Crippen LogP contribution in [0, 0.1) is 5.92 Å². The first-order valence-electron chi connectivity index (χ1n) is 6.23. The van der Waals surface area contributed by atoms with Crippen molar-refractivity contribution < 1.29 is 8.42 Å². The van der Waals surface area contributed by atoms with Crippen LogP contribution in [0.15, 0.2) is 0 Å². The van der Waals surface area contributed by atoms with E-state index in [1.807, 2.05) is 0 Å². The van der Waals surface area contributed by atoms with E-state index in [0.717, 1.165) is 25.0 Å². The van der Waals surface area contributed by atoms with Crippen LogP contribution in [-0.4, -0.2) is 38.2 Å². The monoisotopic (exact) mass is 265 g/mol. The Morgan fingerprint density at radius 3 is 2.69 bits per heavy atom. The van der Waals surface area contributed by atoms with Gasteiger partial charge in [0.05, 0.1) is 5.75 Å². The summed E-state index contributed by atoms with van der Waals surface area (Å²) in [6.07, 6.45) is 7.37. The lowest BCUT2D eigenvalue weighted by Crippen LogP contribution is -2.35. The first kappa shape index (κ1) is 12.7. The molecule has 0 N–H and O–H groups in total. The lowest BCUT2D eigenvalue weighted by Gasteiger charge is -2.31. The molecule has 0 radical (unpaired) electrons. The molecule has 1 saturated carbocycles. The molecule has 2 unspecified atom stereocenters. The van der Waals surface area contributed by atoms with E-state index in [1.165, 1.54) is 32.1 Å². The molecule has 94 valence electrons. The molecule has 5 heteroatoms. The second-order valence-corrected chi connectivity index (χ2v) is 7.93. The van der Waals surface area contributed by atoms with Crippen molar-refractivity contribution in [2.75, 3.05) is 18.8 Å². The number of nitrogens with zero attached hydrogens (tertiary/aromatic N) is 1. The second-order valence-electron chi connectivity index (χ2n) is 5.03. The van der Waals surface area contributed by atoms with Crippen LogP contribution in [0.3, 0.4) is 0 Å². The van der Waals surface area contributed by atoms with E-state index in [1.54, 1.807) is 0 Å². The highest BCUT2D eigenvalue weighted by Gasteiger charge is 2.34. The number of likely N-dealkylation sites (tertiary alicyclic amines) is 1. The number of hydrogen-bond donors (Lipinski definition) is 0. The predicted octanol–water partition coefficient (Wildman–Crippen LogP) is 2.21. The average molecular weight is 266 g/mol. The summed E-state index contributed by atoms with van der Waals surface area (Å²) in [6.45, 7) is 2.05. The van der Waals surface area contributed by atoms with Crippen molar-refractivity contribution in [1.82, 2.24) is 4.90 Å². The molecular formula is C11H20ClNO2S. The maximum atomic E-state index is 10.8. The zero-order valence-corrected chi connectivity index (χ0v) is 11.1. The van der Waals surface area contributed by atoms with E-state index >= 15 is 0 Å². The fraction of sp³-hybridized carbons (Fsp3) is 1.00. The van der Waals surface area contributed by atoms with Crippen LogP contribution in [0.1, 0.15) is 38.5 Å². The van der Waals surface area contributed by atoms with Gasteiger partial charge in [-0.3, -0.25) is 0 Å². The molecule has 0 spiro atoms. The summed E-state index contributed by atoms with van der Waals surface area (Å²) >= 11 is 0. The largest absolute Gasteiger partial charge is 0.300 e. The normalized spacial score (nSPS) is 31.6. The minimum atomic E-state index is -3.30. The quantitative estimate of drug-likeness (QED) is 0.732. The van der Waals surface area contributed by atoms with Gasteiger partial charge in [0, 0.05) is 16.7 Å². The molecule has 2 aliphatic rings. The molecule has 1 saturated heterocycles. The maximum Gasteiger partial charge on any atom is 0.232 e. The highest BCUT2D eigenvalue weighted by atomic mass is 35.7. The molecule has 0 aromatic heterocycles. The minimum absolute atomic E-state index is 0.114. The second kappa shape index (κ2) is 5.23. The van der Waals surface area contributed by atoms with E-state index in [-0.39, 0.29) is 5.75 Å². The Bertz CT molecular complexity index is 331. The van der Waals surface area contributed by atoms with Gasteiger partial charge in [-0.2, -0.15) is 0 Å². The van der Waals surface area contributed by atoms with E-state index in [0.29, 0.717) is 6.42 Å². The summed E-state index contributed by atoms with van der Waals surface area (Å²) in [7, 11) is 1.91. The van der Waals surface area contributed by atoms with Crippen molar-refractivity contribution in [2.45, 2.75) is 44.6 Å². The smallest absolute Gasteiger partial charge is 0.232 e. The summed E-state index contributed by atoms with van der Waals surface area (Å²) in [5, 5.41) is 0. The number of fused-ring (bicyclic) bond motifs is 1. The molecule has 0 bridgehead atoms. The van der Waals surface area contributed by atoms with Gasteiger partial charge in [0.1, 0.15) is 0 Å². The van der Waals surface area contributed by atoms with Gasteiger partial charge in [-0.25, -0.2) is 8.42 Å². The van der Waals surface area contributed by atoms with Crippen LogP contribution < -0.4 is 0 Å². The lowest BCUT2D eigenvalue weighted by molar-refractivity contribution is 0.183. The van der Waals surface area contributed by atoms with Crippen molar-refractivity contribution in [3.8, 4) is 0 Å². The van der Waals surface area contributed by atoms with Gasteiger partial charge in [0.25, 0.3) is 0 Å². The Morgan fingerprint density at radius 2 is 1.94 bits per heavy atom. The molecule has 0 aromatic rings. The SMILES string of the molecule is O=S(=O)(Cl)CCCN1CCC2CCCCC21. The Hall–Kier alpha value is 0.200. The predicted molar refractivity (Wildman–Crippen MR) is 66.2 cm³/mol. The highest BCUT2D eigenvalue weighted by Crippen LogP contribution is 2.35. The summed E-state index contributed by atoms with van der Waals surface area (Å²) in [5.74, 6) is 0.990. The number of hydrogen-bond acceptors (Lipinski definition) is 3. The third kappa shape index (κ3) is 3.34. The Kier molecular flexibility index (Phi) is 4.14. The van der Waals surface area contributed by atoms with Crippen LogP contribution in [0.4, 0.5) is 0 Å². The van der Waals surface area contributed by atoms with Gasteiger partial charge in [-0.15, -0.1) is 0 Å². The van der Waals surface area contributed by atoms with Crippen LogP contribution in [-0.2, 0) is 9.05 Å². The van der Waals surface area contributed by atoms with Gasteiger partial charge in [0.2, 0.25) is 9.05 Å². The molecule has 1 aliphatic heterocycles. The van der Waals surface area contributed by atoms with Crippen LogP contribution in [0.2, 0.25) is 0 Å². The first-order chi connectivity index (χ1) is 7.56. The number of halogens is 1. The van der Waals surface area contributed by atoms with Gasteiger partial charge in [-0.1, -0.05) is 12.8 Å². The molecule has 0 aromatic carbocycles. The molecule has 16 heavy (non-hydrogen) atoms. The highest BCUT2D eigenvalue weighted by molar-refractivity contribution is 8.13.